The number of piperidine rings is 1. The van der Waals surface area contributed by atoms with E-state index in [4.69, 9.17) is 19.0 Å². The summed E-state index contributed by atoms with van der Waals surface area (Å²) in [6.45, 7) is 4.22. The molecule has 2 aromatic carbocycles. The third kappa shape index (κ3) is 6.56. The van der Waals surface area contributed by atoms with Crippen LogP contribution in [0.5, 0.6) is 11.8 Å². The maximum atomic E-state index is 17.2. The van der Waals surface area contributed by atoms with Crippen molar-refractivity contribution in [2.24, 2.45) is 0 Å². The van der Waals surface area contributed by atoms with Crippen molar-refractivity contribution in [3.63, 3.8) is 0 Å². The number of amides is 1. The number of fused-ring (bicyclic) bond motifs is 7. The van der Waals surface area contributed by atoms with Gasteiger partial charge in [-0.25, -0.2) is 18.1 Å². The summed E-state index contributed by atoms with van der Waals surface area (Å²) in [5, 5.41) is 4.48. The van der Waals surface area contributed by atoms with E-state index in [-0.39, 0.29) is 41.7 Å². The molecule has 4 aromatic rings. The number of phosphoric acid groups is 1. The molecule has 16 heteroatoms. The molecule has 0 spiro atoms. The van der Waals surface area contributed by atoms with Crippen molar-refractivity contribution in [2.75, 3.05) is 44.3 Å². The quantitative estimate of drug-likeness (QED) is 0.224. The number of benzene rings is 2. The molecule has 7 heterocycles. The second kappa shape index (κ2) is 12.8. The SMILES string of the molecule is C[C@@]12CCCN(C1)c1nc(OC[C@@]34CCCN3C[C@H](F)C4)nc3c(F)c(ncc13)-c1cc(OP(=O)(O)O)cc3cccc(c13)CCCOC(=O)N2. The number of hydrogen-bond acceptors (Lipinski definition) is 10. The van der Waals surface area contributed by atoms with Gasteiger partial charge in [0, 0.05) is 37.8 Å². The molecule has 5 aliphatic rings. The zero-order valence-electron chi connectivity index (χ0n) is 28.1. The van der Waals surface area contributed by atoms with Crippen LogP contribution in [0.2, 0.25) is 0 Å². The maximum absolute atomic E-state index is 17.2. The number of aromatic nitrogens is 3. The number of nitrogens with zero attached hydrogens (tertiary/aromatic N) is 5. The molecule has 3 N–H and O–H groups in total. The number of pyridine rings is 1. The number of nitrogens with one attached hydrogen (secondary N) is 1. The topological polar surface area (TPSA) is 159 Å². The molecule has 2 aromatic heterocycles. The fraction of sp³-hybridized carbons (Fsp3) is 0.486. The molecular weight excluding hydrogens is 685 g/mol. The summed E-state index contributed by atoms with van der Waals surface area (Å²) in [5.41, 5.74) is -0.328. The summed E-state index contributed by atoms with van der Waals surface area (Å²) in [7, 11) is -4.97. The van der Waals surface area contributed by atoms with Crippen molar-refractivity contribution in [3.05, 3.63) is 47.9 Å². The first-order chi connectivity index (χ1) is 24.4. The van der Waals surface area contributed by atoms with Gasteiger partial charge < -0.3 is 24.2 Å². The third-order valence-corrected chi connectivity index (χ3v) is 11.1. The number of ether oxygens (including phenoxy) is 2. The molecule has 6 bridgehead atoms. The zero-order valence-corrected chi connectivity index (χ0v) is 29.0. The number of carbonyl (C=O) groups excluding carboxylic acids is 1. The van der Waals surface area contributed by atoms with Gasteiger partial charge in [0.15, 0.2) is 5.82 Å². The average molecular weight is 725 g/mol. The van der Waals surface area contributed by atoms with Crippen LogP contribution in [0.1, 0.15) is 51.0 Å². The predicted molar refractivity (Wildman–Crippen MR) is 184 cm³/mol. The maximum Gasteiger partial charge on any atom is 0.524 e. The van der Waals surface area contributed by atoms with Gasteiger partial charge in [-0.1, -0.05) is 18.2 Å². The van der Waals surface area contributed by atoms with E-state index in [1.807, 2.05) is 17.9 Å². The first kappa shape index (κ1) is 33.9. The summed E-state index contributed by atoms with van der Waals surface area (Å²) in [6, 6.07) is 8.14. The van der Waals surface area contributed by atoms with E-state index < -0.39 is 37.0 Å². The van der Waals surface area contributed by atoms with E-state index >= 15 is 4.39 Å². The number of anilines is 1. The average Bonchev–Trinajstić information content (AvgIpc) is 3.59. The molecule has 0 aliphatic carbocycles. The van der Waals surface area contributed by atoms with Crippen LogP contribution in [-0.2, 0) is 15.7 Å². The van der Waals surface area contributed by atoms with Gasteiger partial charge in [-0.05, 0) is 80.5 Å². The number of halogens is 2. The standard InChI is InChI=1S/C35H39F2N6O7P/c1-34-9-4-11-42(19-34)31-26-17-38-29(28(37)30(26)39-32(40-31)49-20-35-10-5-12-43(35)18-23(36)16-35)25-15-24(50-51(45,46)47)14-22-7-2-6-21(27(22)25)8-3-13-48-33(44)41-34/h2,6-7,14-15,17,23H,3-5,8-13,16,18-20H2,1H3,(H,41,44)(H2,45,46,47)/t23-,34-,35+/m1/s1. The molecule has 0 unspecified atom stereocenters. The second-order valence-corrected chi connectivity index (χ2v) is 15.6. The summed E-state index contributed by atoms with van der Waals surface area (Å²) < 4.78 is 60.5. The van der Waals surface area contributed by atoms with E-state index in [9.17, 15) is 23.5 Å². The fourth-order valence-electron chi connectivity index (χ4n) is 8.46. The van der Waals surface area contributed by atoms with E-state index in [1.165, 1.54) is 18.3 Å². The summed E-state index contributed by atoms with van der Waals surface area (Å²) in [6.07, 6.45) is 4.30. The molecule has 9 rings (SSSR count). The first-order valence-electron chi connectivity index (χ1n) is 17.3. The Hall–Kier alpha value is -4.17. The molecule has 13 nitrogen and oxygen atoms in total. The van der Waals surface area contributed by atoms with Crippen LogP contribution < -0.4 is 19.5 Å². The molecule has 51 heavy (non-hydrogen) atoms. The Morgan fingerprint density at radius 3 is 2.84 bits per heavy atom. The van der Waals surface area contributed by atoms with Crippen LogP contribution in [0, 0.1) is 5.82 Å². The highest BCUT2D eigenvalue weighted by molar-refractivity contribution is 7.46. The van der Waals surface area contributed by atoms with Gasteiger partial charge in [-0.3, -0.25) is 19.7 Å². The molecule has 270 valence electrons. The Balaban J connectivity index is 1.32. The Bertz CT molecular complexity index is 2090. The minimum absolute atomic E-state index is 0.0635. The van der Waals surface area contributed by atoms with E-state index in [0.717, 1.165) is 24.9 Å². The van der Waals surface area contributed by atoms with Gasteiger partial charge in [0.2, 0.25) is 0 Å². The number of alkyl carbamates (subject to hydrolysis) is 1. The molecule has 0 radical (unpaired) electrons. The van der Waals surface area contributed by atoms with Crippen molar-refractivity contribution >= 4 is 41.4 Å². The Kier molecular flexibility index (Phi) is 8.52. The zero-order chi connectivity index (χ0) is 35.5. The molecule has 3 saturated heterocycles. The summed E-state index contributed by atoms with van der Waals surface area (Å²) in [5.74, 6) is -0.576. The van der Waals surface area contributed by atoms with Gasteiger partial charge in [0.05, 0.1) is 23.1 Å². The Morgan fingerprint density at radius 2 is 2.00 bits per heavy atom. The van der Waals surface area contributed by atoms with Crippen LogP contribution in [0.15, 0.2) is 36.5 Å². The molecule has 3 fully saturated rings. The van der Waals surface area contributed by atoms with Crippen LogP contribution in [0.25, 0.3) is 32.9 Å². The summed E-state index contributed by atoms with van der Waals surface area (Å²) >= 11 is 0. The number of alkyl halides is 1. The van der Waals surface area contributed by atoms with Crippen molar-refractivity contribution in [2.45, 2.75) is 69.1 Å². The second-order valence-electron chi connectivity index (χ2n) is 14.4. The molecular formula is C35H39F2N6O7P. The van der Waals surface area contributed by atoms with Crippen LogP contribution in [0.4, 0.5) is 19.4 Å². The Labute approximate surface area is 292 Å². The minimum Gasteiger partial charge on any atom is -0.461 e. The molecule has 0 saturated carbocycles. The monoisotopic (exact) mass is 724 g/mol. The van der Waals surface area contributed by atoms with Gasteiger partial charge >= 0.3 is 19.9 Å². The largest absolute Gasteiger partial charge is 0.524 e. The highest BCUT2D eigenvalue weighted by atomic mass is 31.2. The predicted octanol–water partition coefficient (Wildman–Crippen LogP) is 5.44. The molecule has 1 amide bonds. The Morgan fingerprint density at radius 1 is 1.16 bits per heavy atom. The number of aryl methyl sites for hydroxylation is 1. The lowest BCUT2D eigenvalue weighted by atomic mass is 9.91. The lowest BCUT2D eigenvalue weighted by molar-refractivity contribution is 0.107. The van der Waals surface area contributed by atoms with Gasteiger partial charge in [0.1, 0.15) is 35.6 Å². The molecule has 5 aliphatic heterocycles. The van der Waals surface area contributed by atoms with Gasteiger partial charge in [-0.15, -0.1) is 0 Å². The van der Waals surface area contributed by atoms with Crippen molar-refractivity contribution in [3.8, 4) is 23.0 Å². The lowest BCUT2D eigenvalue weighted by Crippen LogP contribution is -2.57. The lowest BCUT2D eigenvalue weighted by Gasteiger charge is -2.41. The van der Waals surface area contributed by atoms with Gasteiger partial charge in [-0.2, -0.15) is 9.97 Å². The smallest absolute Gasteiger partial charge is 0.461 e. The van der Waals surface area contributed by atoms with Crippen LogP contribution >= 0.6 is 7.82 Å². The van der Waals surface area contributed by atoms with Crippen molar-refractivity contribution in [1.82, 2.24) is 25.2 Å². The van der Waals surface area contributed by atoms with Crippen molar-refractivity contribution in [1.29, 1.82) is 0 Å². The number of rotatable bonds is 5. The third-order valence-electron chi connectivity index (χ3n) is 10.6. The molecule has 3 atom stereocenters. The number of phosphoric ester groups is 1. The van der Waals surface area contributed by atoms with Crippen LogP contribution in [0.3, 0.4) is 0 Å². The van der Waals surface area contributed by atoms with Crippen molar-refractivity contribution < 1.29 is 41.9 Å². The highest BCUT2D eigenvalue weighted by Crippen LogP contribution is 2.44. The highest BCUT2D eigenvalue weighted by Gasteiger charge is 2.49. The number of hydrogen-bond donors (Lipinski definition) is 3. The summed E-state index contributed by atoms with van der Waals surface area (Å²) in [4.78, 5) is 50.4. The van der Waals surface area contributed by atoms with E-state index in [2.05, 4.69) is 20.2 Å². The normalized spacial score (nSPS) is 25.5. The van der Waals surface area contributed by atoms with Gasteiger partial charge in [0.25, 0.3) is 0 Å². The first-order valence-corrected chi connectivity index (χ1v) is 18.8. The van der Waals surface area contributed by atoms with Crippen LogP contribution in [-0.4, -0.2) is 92.4 Å². The minimum atomic E-state index is -4.97. The van der Waals surface area contributed by atoms with E-state index in [1.54, 1.807) is 12.1 Å². The number of carbonyl (C=O) groups is 1. The van der Waals surface area contributed by atoms with E-state index in [0.29, 0.717) is 73.7 Å². The fourth-order valence-corrected chi connectivity index (χ4v) is 8.84.